The number of pyridine rings is 1. The van der Waals surface area contributed by atoms with Gasteiger partial charge in [0.1, 0.15) is 5.82 Å². The van der Waals surface area contributed by atoms with Crippen LogP contribution >= 0.6 is 0 Å². The van der Waals surface area contributed by atoms with Crippen molar-refractivity contribution in [2.45, 2.75) is 19.5 Å². The van der Waals surface area contributed by atoms with E-state index in [4.69, 9.17) is 9.47 Å². The molecule has 2 aliphatic heterocycles. The molecule has 0 aliphatic carbocycles. The zero-order chi connectivity index (χ0) is 18.2. The molecule has 0 unspecified atom stereocenters. The fourth-order valence-electron chi connectivity index (χ4n) is 3.61. The Balaban J connectivity index is 1.41. The number of H-pyrrole nitrogens is 1. The van der Waals surface area contributed by atoms with E-state index in [0.29, 0.717) is 18.9 Å². The second-order valence-electron chi connectivity index (χ2n) is 6.69. The molecule has 27 heavy (non-hydrogen) atoms. The average molecular weight is 362 g/mol. The summed E-state index contributed by atoms with van der Waals surface area (Å²) in [5.41, 5.74) is 3.41. The number of aromatic nitrogens is 3. The molecule has 0 spiro atoms. The largest absolute Gasteiger partial charge is 0.454 e. The van der Waals surface area contributed by atoms with Gasteiger partial charge in [0.25, 0.3) is 5.56 Å². The van der Waals surface area contributed by atoms with Crippen LogP contribution in [0.2, 0.25) is 0 Å². The maximum Gasteiger partial charge on any atom is 0.255 e. The third-order valence-electron chi connectivity index (χ3n) is 4.95. The van der Waals surface area contributed by atoms with Crippen LogP contribution in [0.25, 0.3) is 11.4 Å². The zero-order valence-corrected chi connectivity index (χ0v) is 14.6. The minimum atomic E-state index is -0.0820. The number of ether oxygens (including phenoxy) is 2. The summed E-state index contributed by atoms with van der Waals surface area (Å²) in [4.78, 5) is 26.6. The minimum absolute atomic E-state index is 0.0820. The second kappa shape index (κ2) is 6.51. The second-order valence-corrected chi connectivity index (χ2v) is 6.69. The molecule has 1 N–H and O–H groups in total. The Morgan fingerprint density at radius 1 is 1.19 bits per heavy atom. The lowest BCUT2D eigenvalue weighted by Gasteiger charge is -2.28. The van der Waals surface area contributed by atoms with E-state index in [1.807, 2.05) is 30.3 Å². The first-order chi connectivity index (χ1) is 13.3. The molecule has 4 heterocycles. The Hall–Kier alpha value is -3.19. The van der Waals surface area contributed by atoms with Crippen LogP contribution in [0.1, 0.15) is 16.8 Å². The molecule has 136 valence electrons. The third-order valence-corrected chi connectivity index (χ3v) is 4.95. The summed E-state index contributed by atoms with van der Waals surface area (Å²) in [6.45, 7) is 2.36. The molecular formula is C20H18N4O3. The van der Waals surface area contributed by atoms with Crippen LogP contribution in [0.4, 0.5) is 0 Å². The van der Waals surface area contributed by atoms with Crippen LogP contribution in [0.3, 0.4) is 0 Å². The lowest BCUT2D eigenvalue weighted by atomic mass is 10.1. The van der Waals surface area contributed by atoms with Crippen molar-refractivity contribution in [2.24, 2.45) is 0 Å². The van der Waals surface area contributed by atoms with Gasteiger partial charge in [-0.25, -0.2) is 4.98 Å². The van der Waals surface area contributed by atoms with Crippen LogP contribution < -0.4 is 15.0 Å². The number of nitrogens with one attached hydrogen (secondary N) is 1. The number of hydrogen-bond donors (Lipinski definition) is 1. The molecule has 0 saturated carbocycles. The molecule has 0 radical (unpaired) electrons. The maximum atomic E-state index is 12.7. The molecule has 3 aromatic rings. The molecule has 2 aliphatic rings. The van der Waals surface area contributed by atoms with Gasteiger partial charge >= 0.3 is 0 Å². The van der Waals surface area contributed by atoms with Crippen LogP contribution in [-0.2, 0) is 19.5 Å². The summed E-state index contributed by atoms with van der Waals surface area (Å²) in [5.74, 6) is 2.17. The number of aromatic amines is 1. The first-order valence-electron chi connectivity index (χ1n) is 8.90. The molecule has 7 nitrogen and oxygen atoms in total. The minimum Gasteiger partial charge on any atom is -0.454 e. The molecular weight excluding hydrogens is 344 g/mol. The van der Waals surface area contributed by atoms with Crippen molar-refractivity contribution in [1.29, 1.82) is 0 Å². The summed E-state index contributed by atoms with van der Waals surface area (Å²) < 4.78 is 11.0. The van der Waals surface area contributed by atoms with Gasteiger partial charge in [-0.1, -0.05) is 12.1 Å². The maximum absolute atomic E-state index is 12.7. The monoisotopic (exact) mass is 362 g/mol. The van der Waals surface area contributed by atoms with Gasteiger partial charge in [0.05, 0.1) is 11.3 Å². The van der Waals surface area contributed by atoms with E-state index in [1.165, 1.54) is 0 Å². The highest BCUT2D eigenvalue weighted by atomic mass is 16.7. The van der Waals surface area contributed by atoms with Gasteiger partial charge in [0, 0.05) is 49.6 Å². The summed E-state index contributed by atoms with van der Waals surface area (Å²) in [7, 11) is 0. The van der Waals surface area contributed by atoms with E-state index in [9.17, 15) is 4.79 Å². The topological polar surface area (TPSA) is 80.3 Å². The first kappa shape index (κ1) is 16.0. The van der Waals surface area contributed by atoms with E-state index in [1.54, 1.807) is 12.4 Å². The smallest absolute Gasteiger partial charge is 0.255 e. The number of fused-ring (bicyclic) bond motifs is 2. The van der Waals surface area contributed by atoms with E-state index in [-0.39, 0.29) is 12.4 Å². The quantitative estimate of drug-likeness (QED) is 0.769. The Kier molecular flexibility index (Phi) is 3.86. The number of nitrogens with zero attached hydrogens (tertiary/aromatic N) is 3. The summed E-state index contributed by atoms with van der Waals surface area (Å²) in [6.07, 6.45) is 4.14. The van der Waals surface area contributed by atoms with Crippen LogP contribution in [0.15, 0.2) is 47.5 Å². The van der Waals surface area contributed by atoms with Gasteiger partial charge in [0.2, 0.25) is 6.79 Å². The summed E-state index contributed by atoms with van der Waals surface area (Å²) >= 11 is 0. The van der Waals surface area contributed by atoms with E-state index in [0.717, 1.165) is 46.8 Å². The van der Waals surface area contributed by atoms with Gasteiger partial charge < -0.3 is 14.5 Å². The third kappa shape index (κ3) is 2.96. The highest BCUT2D eigenvalue weighted by Gasteiger charge is 2.24. The Morgan fingerprint density at radius 3 is 3.04 bits per heavy atom. The van der Waals surface area contributed by atoms with Crippen molar-refractivity contribution < 1.29 is 9.47 Å². The van der Waals surface area contributed by atoms with Gasteiger partial charge in [-0.15, -0.1) is 0 Å². The standard InChI is InChI=1S/C20H18N4O3/c25-20-15-11-24(10-14-3-1-5-17-18(14)27-12-26-17)8-6-16(15)22-19(23-20)13-4-2-7-21-9-13/h1-5,7,9H,6,8,10-12H2,(H,22,23,25). The molecule has 0 bridgehead atoms. The molecule has 2 aromatic heterocycles. The van der Waals surface area contributed by atoms with Crippen LogP contribution in [0, 0.1) is 0 Å². The van der Waals surface area contributed by atoms with Gasteiger partial charge in [-0.05, 0) is 18.2 Å². The number of hydrogen-bond acceptors (Lipinski definition) is 6. The lowest BCUT2D eigenvalue weighted by Crippen LogP contribution is -2.35. The van der Waals surface area contributed by atoms with Crippen molar-refractivity contribution in [3.05, 3.63) is 69.9 Å². The molecule has 7 heteroatoms. The van der Waals surface area contributed by atoms with Gasteiger partial charge in [-0.3, -0.25) is 14.7 Å². The van der Waals surface area contributed by atoms with Gasteiger partial charge in [0.15, 0.2) is 11.5 Å². The van der Waals surface area contributed by atoms with E-state index in [2.05, 4.69) is 19.9 Å². The fourth-order valence-corrected chi connectivity index (χ4v) is 3.61. The number of rotatable bonds is 3. The van der Waals surface area contributed by atoms with E-state index < -0.39 is 0 Å². The van der Waals surface area contributed by atoms with Crippen LogP contribution in [-0.4, -0.2) is 33.2 Å². The summed E-state index contributed by atoms with van der Waals surface area (Å²) in [6, 6.07) is 9.64. The van der Waals surface area contributed by atoms with Crippen LogP contribution in [0.5, 0.6) is 11.5 Å². The zero-order valence-electron chi connectivity index (χ0n) is 14.6. The Morgan fingerprint density at radius 2 is 2.15 bits per heavy atom. The first-order valence-corrected chi connectivity index (χ1v) is 8.90. The van der Waals surface area contributed by atoms with Gasteiger partial charge in [-0.2, -0.15) is 0 Å². The average Bonchev–Trinajstić information content (AvgIpc) is 3.19. The van der Waals surface area contributed by atoms with Crippen molar-refractivity contribution >= 4 is 0 Å². The van der Waals surface area contributed by atoms with E-state index >= 15 is 0 Å². The molecule has 0 saturated heterocycles. The highest BCUT2D eigenvalue weighted by molar-refractivity contribution is 5.53. The molecule has 0 atom stereocenters. The number of para-hydroxylation sites is 1. The molecule has 0 fully saturated rings. The SMILES string of the molecule is O=c1[nH]c(-c2cccnc2)nc2c1CN(Cc1cccc3c1OCO3)CC2. The van der Waals surface area contributed by atoms with Crippen molar-refractivity contribution in [1.82, 2.24) is 19.9 Å². The predicted molar refractivity (Wildman–Crippen MR) is 98.5 cm³/mol. The molecule has 1 aromatic carbocycles. The molecule has 5 rings (SSSR count). The van der Waals surface area contributed by atoms with Crippen molar-refractivity contribution in [3.8, 4) is 22.9 Å². The van der Waals surface area contributed by atoms with Crippen molar-refractivity contribution in [2.75, 3.05) is 13.3 Å². The summed E-state index contributed by atoms with van der Waals surface area (Å²) in [5, 5.41) is 0. The fraction of sp³-hybridized carbons (Fsp3) is 0.250. The Labute approximate surface area is 155 Å². The number of benzene rings is 1. The Bertz CT molecular complexity index is 1050. The normalized spacial score (nSPS) is 15.6. The van der Waals surface area contributed by atoms with Crippen molar-refractivity contribution in [3.63, 3.8) is 0 Å². The molecule has 0 amide bonds. The lowest BCUT2D eigenvalue weighted by molar-refractivity contribution is 0.171. The highest BCUT2D eigenvalue weighted by Crippen LogP contribution is 2.36. The predicted octanol–water partition coefficient (Wildman–Crippen LogP) is 2.12.